The van der Waals surface area contributed by atoms with Gasteiger partial charge in [0, 0.05) is 40.2 Å². The Morgan fingerprint density at radius 1 is 0.919 bits per heavy atom. The van der Waals surface area contributed by atoms with E-state index in [2.05, 4.69) is 45.6 Å². The van der Waals surface area contributed by atoms with Gasteiger partial charge in [-0.3, -0.25) is 9.89 Å². The van der Waals surface area contributed by atoms with Crippen LogP contribution in [0.15, 0.2) is 73.4 Å². The highest BCUT2D eigenvalue weighted by molar-refractivity contribution is 6.01. The molecule has 2 aromatic carbocycles. The van der Waals surface area contributed by atoms with Gasteiger partial charge in [0.1, 0.15) is 5.52 Å². The molecular weight excluding hydrogens is 468 g/mol. The molecule has 0 bridgehead atoms. The molecule has 7 rings (SSSR count). The molecule has 7 aromatic rings. The highest BCUT2D eigenvalue weighted by atomic mass is 16.1. The lowest BCUT2D eigenvalue weighted by Crippen LogP contribution is -2.04. The maximum Gasteiger partial charge on any atom is 0.183 e. The molecule has 0 fully saturated rings. The number of nitrogens with zero attached hydrogens (tertiary/aromatic N) is 6. The van der Waals surface area contributed by atoms with E-state index in [0.717, 1.165) is 38.6 Å². The zero-order chi connectivity index (χ0) is 24.8. The number of nitrogens with one attached hydrogen (secondary N) is 4. The summed E-state index contributed by atoms with van der Waals surface area (Å²) in [5, 5.41) is 19.9. The van der Waals surface area contributed by atoms with E-state index in [-0.39, 0.29) is 12.2 Å². The van der Waals surface area contributed by atoms with E-state index in [1.54, 1.807) is 31.0 Å². The lowest BCUT2D eigenvalue weighted by Gasteiger charge is -2.09. The number of anilines is 2. The smallest absolute Gasteiger partial charge is 0.183 e. The third-order valence-electron chi connectivity index (χ3n) is 6.18. The summed E-state index contributed by atoms with van der Waals surface area (Å²) in [5.74, 6) is 1.09. The van der Waals surface area contributed by atoms with Crippen molar-refractivity contribution >= 4 is 50.3 Å². The second-order valence-electron chi connectivity index (χ2n) is 8.63. The molecule has 0 aliphatic heterocycles. The summed E-state index contributed by atoms with van der Waals surface area (Å²) in [6.07, 6.45) is 6.79. The maximum absolute atomic E-state index is 12.8. The largest absolute Gasteiger partial charge is 0.352 e. The number of aromatic amines is 3. The van der Waals surface area contributed by atoms with Crippen molar-refractivity contribution in [2.75, 3.05) is 5.32 Å². The van der Waals surface area contributed by atoms with Gasteiger partial charge >= 0.3 is 0 Å². The summed E-state index contributed by atoms with van der Waals surface area (Å²) in [6, 6.07) is 15.4. The van der Waals surface area contributed by atoms with Crippen LogP contribution in [0.1, 0.15) is 16.1 Å². The number of ketones is 1. The second kappa shape index (κ2) is 8.34. The number of fused-ring (bicyclic) bond motifs is 3. The van der Waals surface area contributed by atoms with Gasteiger partial charge in [-0.25, -0.2) is 15.0 Å². The molecule has 0 saturated carbocycles. The Bertz CT molecular complexity index is 1920. The Morgan fingerprint density at radius 3 is 2.81 bits per heavy atom. The fourth-order valence-corrected chi connectivity index (χ4v) is 4.33. The number of benzene rings is 2. The van der Waals surface area contributed by atoms with Crippen molar-refractivity contribution in [2.24, 2.45) is 0 Å². The monoisotopic (exact) mass is 486 g/mol. The normalized spacial score (nSPS) is 11.5. The Balaban J connectivity index is 1.23. The van der Waals surface area contributed by atoms with Crippen molar-refractivity contribution in [3.8, 4) is 11.4 Å². The van der Waals surface area contributed by atoms with Gasteiger partial charge in [-0.15, -0.1) is 0 Å². The number of imidazole rings is 1. The average molecular weight is 486 g/mol. The van der Waals surface area contributed by atoms with Gasteiger partial charge in [-0.1, -0.05) is 12.1 Å². The molecule has 0 amide bonds. The minimum Gasteiger partial charge on any atom is -0.352 e. The van der Waals surface area contributed by atoms with Crippen LogP contribution >= 0.6 is 0 Å². The van der Waals surface area contributed by atoms with Gasteiger partial charge in [-0.05, 0) is 42.0 Å². The average Bonchev–Trinajstić information content (AvgIpc) is 3.67. The summed E-state index contributed by atoms with van der Waals surface area (Å²) in [6.45, 7) is 0. The molecule has 0 spiro atoms. The van der Waals surface area contributed by atoms with Crippen molar-refractivity contribution in [1.82, 2.24) is 45.3 Å². The van der Waals surface area contributed by atoms with E-state index < -0.39 is 0 Å². The molecule has 0 unspecified atom stereocenters. The van der Waals surface area contributed by atoms with Crippen LogP contribution in [0, 0.1) is 0 Å². The zero-order valence-corrected chi connectivity index (χ0v) is 19.2. The minimum atomic E-state index is -0.0268. The van der Waals surface area contributed by atoms with Crippen LogP contribution in [-0.2, 0) is 6.42 Å². The van der Waals surface area contributed by atoms with Crippen molar-refractivity contribution < 1.29 is 4.79 Å². The summed E-state index contributed by atoms with van der Waals surface area (Å²) in [7, 11) is 0. The topological polar surface area (TPSA) is 154 Å². The van der Waals surface area contributed by atoms with E-state index in [4.69, 9.17) is 4.98 Å². The Hall–Kier alpha value is -5.45. The summed E-state index contributed by atoms with van der Waals surface area (Å²) < 4.78 is 0. The quantitative estimate of drug-likeness (QED) is 0.253. The lowest BCUT2D eigenvalue weighted by atomic mass is 10.1. The van der Waals surface area contributed by atoms with Crippen molar-refractivity contribution in [3.63, 3.8) is 0 Å². The first-order chi connectivity index (χ1) is 18.2. The van der Waals surface area contributed by atoms with Crippen LogP contribution in [0.4, 0.5) is 11.5 Å². The fourth-order valence-electron chi connectivity index (χ4n) is 4.33. The van der Waals surface area contributed by atoms with Crippen LogP contribution in [-0.4, -0.2) is 51.1 Å². The second-order valence-corrected chi connectivity index (χ2v) is 8.63. The Kier molecular flexibility index (Phi) is 4.71. The van der Waals surface area contributed by atoms with E-state index in [1.807, 2.05) is 42.5 Å². The standard InChI is InChI=1S/C26H18N10O/c37-22(7-14-5-6-29-30-11-14)21-9-15-1-2-16(10-20(15)33-21)24-34-25-23(27-13-28-25)26(35-24)32-18-3-4-19-17(8-18)12-31-36-19/h1-6,8-13,33H,7H2,(H,31,36)(H2,27,28,32,34,35). The SMILES string of the molecule is O=C(Cc1ccnnc1)c1cc2ccc(-c3nc(Nc4ccc5[nH]ncc5c4)c4[nH]cnc4n3)cc2[nH]1. The van der Waals surface area contributed by atoms with Crippen LogP contribution in [0.25, 0.3) is 44.4 Å². The number of H-pyrrole nitrogens is 3. The molecule has 0 saturated heterocycles. The molecule has 0 aliphatic rings. The third kappa shape index (κ3) is 3.84. The highest BCUT2D eigenvalue weighted by Gasteiger charge is 2.15. The van der Waals surface area contributed by atoms with E-state index in [1.165, 1.54) is 0 Å². The summed E-state index contributed by atoms with van der Waals surface area (Å²) in [5.41, 5.74) is 6.03. The third-order valence-corrected chi connectivity index (χ3v) is 6.18. The molecule has 37 heavy (non-hydrogen) atoms. The first kappa shape index (κ1) is 20.9. The van der Waals surface area contributed by atoms with Gasteiger partial charge in [0.05, 0.1) is 29.9 Å². The lowest BCUT2D eigenvalue weighted by molar-refractivity contribution is 0.0989. The number of carbonyl (C=O) groups excluding carboxylic acids is 1. The number of rotatable bonds is 6. The first-order valence-electron chi connectivity index (χ1n) is 11.5. The molecule has 0 atom stereocenters. The highest BCUT2D eigenvalue weighted by Crippen LogP contribution is 2.28. The molecule has 0 radical (unpaired) electrons. The number of Topliss-reactive ketones (excluding diaryl/α,β-unsaturated/α-hetero) is 1. The van der Waals surface area contributed by atoms with E-state index >= 15 is 0 Å². The Labute approximate surface area is 208 Å². The molecule has 5 heterocycles. The molecule has 11 heteroatoms. The van der Waals surface area contributed by atoms with Gasteiger partial charge in [0.2, 0.25) is 0 Å². The van der Waals surface area contributed by atoms with Crippen molar-refractivity contribution in [3.05, 3.63) is 84.7 Å². The number of hydrogen-bond donors (Lipinski definition) is 4. The van der Waals surface area contributed by atoms with Crippen LogP contribution in [0.5, 0.6) is 0 Å². The number of aromatic nitrogens is 9. The van der Waals surface area contributed by atoms with E-state index in [0.29, 0.717) is 28.5 Å². The van der Waals surface area contributed by atoms with Crippen LogP contribution in [0.2, 0.25) is 0 Å². The molecular formula is C26H18N10O. The van der Waals surface area contributed by atoms with Crippen LogP contribution in [0.3, 0.4) is 0 Å². The van der Waals surface area contributed by atoms with Crippen molar-refractivity contribution in [1.29, 1.82) is 0 Å². The van der Waals surface area contributed by atoms with Crippen LogP contribution < -0.4 is 5.32 Å². The molecule has 178 valence electrons. The predicted octanol–water partition coefficient (Wildman–Crippen LogP) is 4.34. The first-order valence-corrected chi connectivity index (χ1v) is 11.5. The number of hydrogen-bond acceptors (Lipinski definition) is 8. The van der Waals surface area contributed by atoms with Gasteiger partial charge < -0.3 is 15.3 Å². The molecule has 11 nitrogen and oxygen atoms in total. The predicted molar refractivity (Wildman–Crippen MR) is 138 cm³/mol. The summed E-state index contributed by atoms with van der Waals surface area (Å²) in [4.78, 5) is 33.0. The fraction of sp³-hybridized carbons (Fsp3) is 0.0385. The van der Waals surface area contributed by atoms with Gasteiger partial charge in [0.15, 0.2) is 23.1 Å². The molecule has 5 aromatic heterocycles. The van der Waals surface area contributed by atoms with Gasteiger partial charge in [0.25, 0.3) is 0 Å². The maximum atomic E-state index is 12.8. The zero-order valence-electron chi connectivity index (χ0n) is 19.2. The minimum absolute atomic E-state index is 0.0268. The molecule has 0 aliphatic carbocycles. The number of carbonyl (C=O) groups is 1. The van der Waals surface area contributed by atoms with E-state index in [9.17, 15) is 4.79 Å². The Morgan fingerprint density at radius 2 is 1.89 bits per heavy atom. The molecule has 4 N–H and O–H groups in total. The van der Waals surface area contributed by atoms with Gasteiger partial charge in [-0.2, -0.15) is 15.3 Å². The summed E-state index contributed by atoms with van der Waals surface area (Å²) >= 11 is 0. The van der Waals surface area contributed by atoms with Crippen molar-refractivity contribution in [2.45, 2.75) is 6.42 Å².